The molecule has 0 saturated carbocycles. The van der Waals surface area contributed by atoms with Crippen molar-refractivity contribution in [3.8, 4) is 11.3 Å². The number of furan rings is 1. The second-order valence-electron chi connectivity index (χ2n) is 7.99. The van der Waals surface area contributed by atoms with E-state index in [9.17, 15) is 4.79 Å². The molecule has 0 N–H and O–H groups in total. The zero-order chi connectivity index (χ0) is 22.8. The number of benzene rings is 1. The third kappa shape index (κ3) is 4.25. The van der Waals surface area contributed by atoms with E-state index in [1.54, 1.807) is 30.5 Å². The summed E-state index contributed by atoms with van der Waals surface area (Å²) in [6.07, 6.45) is 5.23. The zero-order valence-electron chi connectivity index (χ0n) is 18.5. The number of amides is 1. The van der Waals surface area contributed by atoms with E-state index in [4.69, 9.17) is 9.40 Å². The Morgan fingerprint density at radius 2 is 1.85 bits per heavy atom. The van der Waals surface area contributed by atoms with Crippen LogP contribution in [0.2, 0.25) is 0 Å². The number of carbonyl (C=O) groups excluding carboxylic acids is 1. The van der Waals surface area contributed by atoms with E-state index in [0.717, 1.165) is 33.7 Å². The summed E-state index contributed by atoms with van der Waals surface area (Å²) in [4.78, 5) is 24.2. The number of aromatic nitrogens is 4. The molecule has 0 atom stereocenters. The van der Waals surface area contributed by atoms with Crippen molar-refractivity contribution in [1.82, 2.24) is 24.6 Å². The lowest BCUT2D eigenvalue weighted by Crippen LogP contribution is -2.26. The third-order valence-corrected chi connectivity index (χ3v) is 5.53. The molecule has 0 saturated heterocycles. The summed E-state index contributed by atoms with van der Waals surface area (Å²) in [5.74, 6) is 1.45. The number of aryl methyl sites for hydroxylation is 1. The van der Waals surface area contributed by atoms with Gasteiger partial charge < -0.3 is 9.32 Å². The molecular weight excluding hydrogens is 414 g/mol. The first-order valence-corrected chi connectivity index (χ1v) is 10.7. The molecule has 4 heterocycles. The summed E-state index contributed by atoms with van der Waals surface area (Å²) < 4.78 is 7.49. The second-order valence-corrected chi connectivity index (χ2v) is 7.99. The van der Waals surface area contributed by atoms with Crippen molar-refractivity contribution in [2.45, 2.75) is 20.0 Å². The van der Waals surface area contributed by atoms with Crippen molar-refractivity contribution in [3.63, 3.8) is 0 Å². The number of carbonyl (C=O) groups is 1. The van der Waals surface area contributed by atoms with Gasteiger partial charge in [-0.25, -0.2) is 9.67 Å². The summed E-state index contributed by atoms with van der Waals surface area (Å²) >= 11 is 0. The molecule has 164 valence electrons. The largest absolute Gasteiger partial charge is 0.464 e. The van der Waals surface area contributed by atoms with E-state index in [-0.39, 0.29) is 5.91 Å². The van der Waals surface area contributed by atoms with Crippen LogP contribution >= 0.6 is 0 Å². The Labute approximate surface area is 191 Å². The Morgan fingerprint density at radius 3 is 2.58 bits per heavy atom. The Kier molecular flexibility index (Phi) is 5.44. The van der Waals surface area contributed by atoms with Crippen molar-refractivity contribution in [2.24, 2.45) is 0 Å². The predicted octanol–water partition coefficient (Wildman–Crippen LogP) is 4.72. The SMILES string of the molecule is Cc1ccc(CN(C)C(=O)c2cc(-c3ccccc3)nc3c2cnn3Cc2ccncc2)o1. The van der Waals surface area contributed by atoms with E-state index in [1.165, 1.54) is 0 Å². The molecule has 7 heteroatoms. The maximum Gasteiger partial charge on any atom is 0.254 e. The van der Waals surface area contributed by atoms with Crippen LogP contribution in [0.3, 0.4) is 0 Å². The van der Waals surface area contributed by atoms with Crippen LogP contribution < -0.4 is 0 Å². The van der Waals surface area contributed by atoms with Gasteiger partial charge in [-0.05, 0) is 42.8 Å². The normalized spacial score (nSPS) is 11.1. The smallest absolute Gasteiger partial charge is 0.254 e. The highest BCUT2D eigenvalue weighted by Crippen LogP contribution is 2.26. The lowest BCUT2D eigenvalue weighted by molar-refractivity contribution is 0.0777. The fourth-order valence-corrected chi connectivity index (χ4v) is 3.84. The monoisotopic (exact) mass is 437 g/mol. The molecule has 5 aromatic rings. The van der Waals surface area contributed by atoms with Gasteiger partial charge in [0, 0.05) is 25.0 Å². The molecular formula is C26H23N5O2. The van der Waals surface area contributed by atoms with Crippen LogP contribution in [-0.2, 0) is 13.1 Å². The molecule has 0 aliphatic rings. The zero-order valence-corrected chi connectivity index (χ0v) is 18.5. The highest BCUT2D eigenvalue weighted by molar-refractivity contribution is 6.06. The van der Waals surface area contributed by atoms with Gasteiger partial charge in [0.2, 0.25) is 0 Å². The van der Waals surface area contributed by atoms with Crippen LogP contribution in [0.4, 0.5) is 0 Å². The maximum atomic E-state index is 13.5. The lowest BCUT2D eigenvalue weighted by atomic mass is 10.1. The fraction of sp³-hybridized carbons (Fsp3) is 0.154. The molecule has 4 aromatic heterocycles. The molecule has 0 spiro atoms. The number of hydrogen-bond acceptors (Lipinski definition) is 5. The average molecular weight is 438 g/mol. The van der Waals surface area contributed by atoms with Gasteiger partial charge in [-0.1, -0.05) is 30.3 Å². The topological polar surface area (TPSA) is 77.1 Å². The van der Waals surface area contributed by atoms with Crippen LogP contribution in [0.15, 0.2) is 83.7 Å². The molecule has 0 aliphatic heterocycles. The number of pyridine rings is 2. The van der Waals surface area contributed by atoms with Gasteiger partial charge in [0.05, 0.1) is 35.9 Å². The molecule has 7 nitrogen and oxygen atoms in total. The van der Waals surface area contributed by atoms with Gasteiger partial charge in [0.1, 0.15) is 11.5 Å². The minimum atomic E-state index is -0.114. The predicted molar refractivity (Wildman–Crippen MR) is 126 cm³/mol. The van der Waals surface area contributed by atoms with Crippen molar-refractivity contribution >= 4 is 16.9 Å². The van der Waals surface area contributed by atoms with Crippen LogP contribution in [0.25, 0.3) is 22.3 Å². The number of nitrogens with zero attached hydrogens (tertiary/aromatic N) is 5. The molecule has 33 heavy (non-hydrogen) atoms. The fourth-order valence-electron chi connectivity index (χ4n) is 3.84. The van der Waals surface area contributed by atoms with Crippen LogP contribution in [0.1, 0.15) is 27.4 Å². The summed E-state index contributed by atoms with van der Waals surface area (Å²) in [5.41, 5.74) is 3.95. The van der Waals surface area contributed by atoms with Crippen molar-refractivity contribution in [3.05, 3.63) is 102 Å². The van der Waals surface area contributed by atoms with Gasteiger partial charge in [-0.15, -0.1) is 0 Å². The minimum Gasteiger partial charge on any atom is -0.464 e. The number of fused-ring (bicyclic) bond motifs is 1. The number of hydrogen-bond donors (Lipinski definition) is 0. The molecule has 1 amide bonds. The van der Waals surface area contributed by atoms with Gasteiger partial charge in [0.15, 0.2) is 5.65 Å². The Morgan fingerprint density at radius 1 is 1.06 bits per heavy atom. The Balaban J connectivity index is 1.58. The Hall–Kier alpha value is -4.26. The van der Waals surface area contributed by atoms with E-state index >= 15 is 0 Å². The van der Waals surface area contributed by atoms with Gasteiger partial charge in [0.25, 0.3) is 5.91 Å². The highest BCUT2D eigenvalue weighted by atomic mass is 16.3. The molecule has 0 aliphatic carbocycles. The quantitative estimate of drug-likeness (QED) is 0.384. The number of rotatable bonds is 6. The average Bonchev–Trinajstić information content (AvgIpc) is 3.45. The first kappa shape index (κ1) is 20.6. The summed E-state index contributed by atoms with van der Waals surface area (Å²) in [6, 6.07) is 19.4. The van der Waals surface area contributed by atoms with Gasteiger partial charge >= 0.3 is 0 Å². The first-order valence-electron chi connectivity index (χ1n) is 10.7. The van der Waals surface area contributed by atoms with Crippen LogP contribution in [0, 0.1) is 6.92 Å². The second kappa shape index (κ2) is 8.70. The molecule has 5 rings (SSSR count). The Bertz CT molecular complexity index is 1410. The van der Waals surface area contributed by atoms with Gasteiger partial charge in [-0.2, -0.15) is 5.10 Å². The van der Waals surface area contributed by atoms with E-state index in [1.807, 2.05) is 72.3 Å². The lowest BCUT2D eigenvalue weighted by Gasteiger charge is -2.17. The summed E-state index contributed by atoms with van der Waals surface area (Å²) in [5, 5.41) is 5.28. The van der Waals surface area contributed by atoms with E-state index < -0.39 is 0 Å². The molecule has 0 radical (unpaired) electrons. The molecule has 1 aromatic carbocycles. The first-order chi connectivity index (χ1) is 16.1. The third-order valence-electron chi connectivity index (χ3n) is 5.53. The maximum absolute atomic E-state index is 13.5. The van der Waals surface area contributed by atoms with E-state index in [2.05, 4.69) is 10.1 Å². The van der Waals surface area contributed by atoms with Crippen molar-refractivity contribution in [2.75, 3.05) is 7.05 Å². The summed E-state index contributed by atoms with van der Waals surface area (Å²) in [6.45, 7) is 2.80. The van der Waals surface area contributed by atoms with Crippen molar-refractivity contribution in [1.29, 1.82) is 0 Å². The van der Waals surface area contributed by atoms with Crippen LogP contribution in [-0.4, -0.2) is 37.6 Å². The molecule has 0 fully saturated rings. The summed E-state index contributed by atoms with van der Waals surface area (Å²) in [7, 11) is 1.77. The van der Waals surface area contributed by atoms with Crippen LogP contribution in [0.5, 0.6) is 0 Å². The molecule has 0 unspecified atom stereocenters. The minimum absolute atomic E-state index is 0.114. The van der Waals surface area contributed by atoms with Crippen molar-refractivity contribution < 1.29 is 9.21 Å². The van der Waals surface area contributed by atoms with Gasteiger partial charge in [-0.3, -0.25) is 9.78 Å². The standard InChI is InChI=1S/C26H23N5O2/c1-18-8-9-21(33-18)17-30(2)26(32)22-14-24(20-6-4-3-5-7-20)29-25-23(22)15-28-31(25)16-19-10-12-27-13-11-19/h3-15H,16-17H2,1-2H3. The van der Waals surface area contributed by atoms with E-state index in [0.29, 0.717) is 24.3 Å². The highest BCUT2D eigenvalue weighted by Gasteiger charge is 2.21. The molecule has 0 bridgehead atoms.